The first-order chi connectivity index (χ1) is 8.19. The molecular formula is C14H17BrOS. The minimum Gasteiger partial charge on any atom is -0.298 e. The second-order valence-corrected chi connectivity index (χ2v) is 7.02. The molecule has 0 heterocycles. The van der Waals surface area contributed by atoms with Crippen molar-refractivity contribution in [1.82, 2.24) is 0 Å². The molecule has 0 aliphatic heterocycles. The molecule has 0 spiro atoms. The third-order valence-corrected chi connectivity index (χ3v) is 5.56. The van der Waals surface area contributed by atoms with Gasteiger partial charge in [0.15, 0.2) is 0 Å². The van der Waals surface area contributed by atoms with Gasteiger partial charge >= 0.3 is 0 Å². The lowest BCUT2D eigenvalue weighted by Gasteiger charge is -2.26. The maximum atomic E-state index is 10.7. The van der Waals surface area contributed by atoms with Crippen molar-refractivity contribution in [3.05, 3.63) is 28.2 Å². The van der Waals surface area contributed by atoms with Crippen LogP contribution in [0.2, 0.25) is 0 Å². The van der Waals surface area contributed by atoms with E-state index in [4.69, 9.17) is 0 Å². The number of thioether (sulfide) groups is 1. The number of carbonyl (C=O) groups is 1. The summed E-state index contributed by atoms with van der Waals surface area (Å²) >= 11 is 5.50. The van der Waals surface area contributed by atoms with Crippen molar-refractivity contribution >= 4 is 34.0 Å². The monoisotopic (exact) mass is 312 g/mol. The average molecular weight is 313 g/mol. The predicted molar refractivity (Wildman–Crippen MR) is 76.8 cm³/mol. The molecule has 1 aromatic rings. The van der Waals surface area contributed by atoms with Crippen LogP contribution in [-0.4, -0.2) is 11.5 Å². The van der Waals surface area contributed by atoms with Crippen LogP contribution in [0, 0.1) is 5.92 Å². The summed E-state index contributed by atoms with van der Waals surface area (Å²) in [6.07, 6.45) is 6.25. The molecule has 17 heavy (non-hydrogen) atoms. The Morgan fingerprint density at radius 3 is 2.88 bits per heavy atom. The van der Waals surface area contributed by atoms with Crippen LogP contribution in [0.1, 0.15) is 43.0 Å². The molecule has 2 unspecified atom stereocenters. The molecule has 0 amide bonds. The quantitative estimate of drug-likeness (QED) is 0.736. The number of hydrogen-bond donors (Lipinski definition) is 0. The van der Waals surface area contributed by atoms with Crippen LogP contribution in [0.15, 0.2) is 27.6 Å². The van der Waals surface area contributed by atoms with Gasteiger partial charge in [-0.3, -0.25) is 4.79 Å². The van der Waals surface area contributed by atoms with Gasteiger partial charge in [-0.2, -0.15) is 0 Å². The molecule has 1 aliphatic carbocycles. The first-order valence-electron chi connectivity index (χ1n) is 6.10. The maximum absolute atomic E-state index is 10.7. The van der Waals surface area contributed by atoms with E-state index in [1.807, 2.05) is 23.9 Å². The van der Waals surface area contributed by atoms with Crippen LogP contribution >= 0.6 is 27.7 Å². The van der Waals surface area contributed by atoms with Gasteiger partial charge < -0.3 is 0 Å². The first-order valence-corrected chi connectivity index (χ1v) is 7.77. The van der Waals surface area contributed by atoms with Crippen LogP contribution in [0.3, 0.4) is 0 Å². The number of aldehydes is 1. The van der Waals surface area contributed by atoms with E-state index < -0.39 is 0 Å². The van der Waals surface area contributed by atoms with Gasteiger partial charge in [-0.1, -0.05) is 25.8 Å². The Hall–Kier alpha value is -0.280. The molecule has 1 aromatic carbocycles. The number of benzene rings is 1. The van der Waals surface area contributed by atoms with E-state index in [0.717, 1.165) is 27.5 Å². The van der Waals surface area contributed by atoms with E-state index in [1.165, 1.54) is 30.6 Å². The normalized spacial score (nSPS) is 24.6. The van der Waals surface area contributed by atoms with Gasteiger partial charge in [-0.25, -0.2) is 0 Å². The SMILES string of the molecule is CC1CCCC(Sc2ccc(C=O)cc2Br)C1. The fraction of sp³-hybridized carbons (Fsp3) is 0.500. The fourth-order valence-corrected chi connectivity index (χ4v) is 4.41. The van der Waals surface area contributed by atoms with Gasteiger partial charge in [0.2, 0.25) is 0 Å². The van der Waals surface area contributed by atoms with Crippen LogP contribution < -0.4 is 0 Å². The number of hydrogen-bond acceptors (Lipinski definition) is 2. The molecule has 0 saturated heterocycles. The highest BCUT2D eigenvalue weighted by atomic mass is 79.9. The molecule has 0 radical (unpaired) electrons. The predicted octanol–water partition coefficient (Wildman–Crippen LogP) is 4.93. The van der Waals surface area contributed by atoms with Crippen molar-refractivity contribution in [2.24, 2.45) is 5.92 Å². The Kier molecular flexibility index (Phi) is 4.69. The Balaban J connectivity index is 2.05. The summed E-state index contributed by atoms with van der Waals surface area (Å²) in [6, 6.07) is 5.85. The molecule has 0 aromatic heterocycles. The summed E-state index contributed by atoms with van der Waals surface area (Å²) in [5.41, 5.74) is 0.734. The summed E-state index contributed by atoms with van der Waals surface area (Å²) in [4.78, 5) is 11.9. The van der Waals surface area contributed by atoms with Gasteiger partial charge in [0.25, 0.3) is 0 Å². The van der Waals surface area contributed by atoms with Gasteiger partial charge in [-0.15, -0.1) is 11.8 Å². The average Bonchev–Trinajstić information content (AvgIpc) is 2.32. The summed E-state index contributed by atoms with van der Waals surface area (Å²) in [5.74, 6) is 0.856. The fourth-order valence-electron chi connectivity index (χ4n) is 2.35. The van der Waals surface area contributed by atoms with Crippen molar-refractivity contribution in [2.75, 3.05) is 0 Å². The Morgan fingerprint density at radius 1 is 1.41 bits per heavy atom. The van der Waals surface area contributed by atoms with Gasteiger partial charge in [0.05, 0.1) is 0 Å². The van der Waals surface area contributed by atoms with Crippen molar-refractivity contribution < 1.29 is 4.79 Å². The maximum Gasteiger partial charge on any atom is 0.150 e. The minimum atomic E-state index is 0.733. The Bertz CT molecular complexity index is 405. The molecule has 92 valence electrons. The molecule has 3 heteroatoms. The number of rotatable bonds is 3. The molecule has 1 nitrogen and oxygen atoms in total. The van der Waals surface area contributed by atoms with Crippen LogP contribution in [0.5, 0.6) is 0 Å². The second kappa shape index (κ2) is 6.05. The minimum absolute atomic E-state index is 0.733. The molecule has 0 N–H and O–H groups in total. The molecular weight excluding hydrogens is 296 g/mol. The van der Waals surface area contributed by atoms with Crippen molar-refractivity contribution in [3.8, 4) is 0 Å². The zero-order valence-corrected chi connectivity index (χ0v) is 12.4. The van der Waals surface area contributed by atoms with E-state index in [1.54, 1.807) is 0 Å². The summed E-state index contributed by atoms with van der Waals surface area (Å²) in [6.45, 7) is 2.34. The number of carbonyl (C=O) groups excluding carboxylic acids is 1. The van der Waals surface area contributed by atoms with Crippen LogP contribution in [-0.2, 0) is 0 Å². The molecule has 1 fully saturated rings. The lowest BCUT2D eigenvalue weighted by molar-refractivity contribution is 0.112. The largest absolute Gasteiger partial charge is 0.298 e. The summed E-state index contributed by atoms with van der Waals surface area (Å²) < 4.78 is 1.05. The lowest BCUT2D eigenvalue weighted by Crippen LogP contribution is -2.14. The first kappa shape index (κ1) is 13.2. The van der Waals surface area contributed by atoms with E-state index >= 15 is 0 Å². The van der Waals surface area contributed by atoms with E-state index in [0.29, 0.717) is 0 Å². The standard InChI is InChI=1S/C14H17BrOS/c1-10-3-2-4-12(7-10)17-14-6-5-11(9-16)8-13(14)15/h5-6,8-10,12H,2-4,7H2,1H3. The third-order valence-electron chi connectivity index (χ3n) is 3.27. The molecule has 1 saturated carbocycles. The van der Waals surface area contributed by atoms with Gasteiger partial charge in [0, 0.05) is 20.2 Å². The van der Waals surface area contributed by atoms with E-state index in [-0.39, 0.29) is 0 Å². The van der Waals surface area contributed by atoms with Crippen LogP contribution in [0.25, 0.3) is 0 Å². The Labute approximate surface area is 115 Å². The second-order valence-electron chi connectivity index (χ2n) is 4.82. The molecule has 2 rings (SSSR count). The molecule has 2 atom stereocenters. The highest BCUT2D eigenvalue weighted by Gasteiger charge is 2.20. The highest BCUT2D eigenvalue weighted by molar-refractivity contribution is 9.10. The topological polar surface area (TPSA) is 17.1 Å². The zero-order chi connectivity index (χ0) is 12.3. The Morgan fingerprint density at radius 2 is 2.24 bits per heavy atom. The van der Waals surface area contributed by atoms with E-state index in [2.05, 4.69) is 28.9 Å². The van der Waals surface area contributed by atoms with Gasteiger partial charge in [-0.05, 0) is 46.8 Å². The summed E-state index contributed by atoms with van der Waals surface area (Å²) in [7, 11) is 0. The third kappa shape index (κ3) is 3.59. The zero-order valence-electron chi connectivity index (χ0n) is 9.99. The lowest BCUT2D eigenvalue weighted by atomic mass is 9.91. The smallest absolute Gasteiger partial charge is 0.150 e. The van der Waals surface area contributed by atoms with Crippen molar-refractivity contribution in [3.63, 3.8) is 0 Å². The molecule has 1 aliphatic rings. The number of halogens is 1. The summed E-state index contributed by atoms with van der Waals surface area (Å²) in [5, 5.41) is 0.733. The highest BCUT2D eigenvalue weighted by Crippen LogP contribution is 2.38. The van der Waals surface area contributed by atoms with E-state index in [9.17, 15) is 4.79 Å². The van der Waals surface area contributed by atoms with Crippen LogP contribution in [0.4, 0.5) is 0 Å². The van der Waals surface area contributed by atoms with Crippen molar-refractivity contribution in [1.29, 1.82) is 0 Å². The van der Waals surface area contributed by atoms with Crippen molar-refractivity contribution in [2.45, 2.75) is 42.8 Å². The molecule has 0 bridgehead atoms. The van der Waals surface area contributed by atoms with Gasteiger partial charge in [0.1, 0.15) is 6.29 Å².